The highest BCUT2D eigenvalue weighted by atomic mass is 16.7. The van der Waals surface area contributed by atoms with E-state index in [1.165, 1.54) is 0 Å². The highest BCUT2D eigenvalue weighted by Crippen LogP contribution is 2.14. The number of carbonyl (C=O) groups excluding carboxylic acids is 1. The third-order valence-electron chi connectivity index (χ3n) is 1.99. The lowest BCUT2D eigenvalue weighted by Crippen LogP contribution is -2.20. The van der Waals surface area contributed by atoms with Crippen molar-refractivity contribution in [3.63, 3.8) is 0 Å². The molecule has 14 heavy (non-hydrogen) atoms. The second-order valence-electron chi connectivity index (χ2n) is 3.97. The van der Waals surface area contributed by atoms with Crippen LogP contribution in [0.4, 0.5) is 4.79 Å². The molecule has 3 nitrogen and oxygen atoms in total. The Kier molecular flexibility index (Phi) is 4.50. The molecule has 0 fully saturated rings. The van der Waals surface area contributed by atoms with Gasteiger partial charge in [0.05, 0.1) is 6.61 Å². The van der Waals surface area contributed by atoms with Crippen LogP contribution in [-0.2, 0) is 9.47 Å². The molecule has 0 heterocycles. The lowest BCUT2D eigenvalue weighted by atomic mass is 10.1. The average Bonchev–Trinajstić information content (AvgIpc) is 2.16. The summed E-state index contributed by atoms with van der Waals surface area (Å²) < 4.78 is 10.0. The summed E-state index contributed by atoms with van der Waals surface area (Å²) in [7, 11) is 0. The van der Waals surface area contributed by atoms with Crippen molar-refractivity contribution in [2.75, 3.05) is 6.61 Å². The van der Waals surface area contributed by atoms with E-state index >= 15 is 0 Å². The zero-order valence-corrected chi connectivity index (χ0v) is 8.86. The molecule has 0 saturated heterocycles. The molecule has 0 saturated carbocycles. The fourth-order valence-electron chi connectivity index (χ4n) is 1.27. The van der Waals surface area contributed by atoms with Crippen LogP contribution in [0.15, 0.2) is 12.2 Å². The summed E-state index contributed by atoms with van der Waals surface area (Å²) in [5.74, 6) is 0.351. The highest BCUT2D eigenvalue weighted by molar-refractivity contribution is 5.60. The van der Waals surface area contributed by atoms with Crippen LogP contribution in [0.2, 0.25) is 0 Å². The maximum absolute atomic E-state index is 11.1. The lowest BCUT2D eigenvalue weighted by molar-refractivity contribution is 0.0272. The smallest absolute Gasteiger partial charge is 0.434 e. The predicted octanol–water partition coefficient (Wildman–Crippen LogP) is 2.90. The van der Waals surface area contributed by atoms with Gasteiger partial charge in [0.25, 0.3) is 0 Å². The van der Waals surface area contributed by atoms with E-state index in [-0.39, 0.29) is 6.10 Å². The van der Waals surface area contributed by atoms with E-state index in [1.807, 2.05) is 26.0 Å². The van der Waals surface area contributed by atoms with Crippen molar-refractivity contribution in [2.24, 2.45) is 5.92 Å². The first kappa shape index (κ1) is 11.1. The molecule has 1 atom stereocenters. The van der Waals surface area contributed by atoms with Gasteiger partial charge in [-0.15, -0.1) is 0 Å². The largest absolute Gasteiger partial charge is 0.508 e. The fraction of sp³-hybridized carbons (Fsp3) is 0.727. The molecule has 0 N–H and O–H groups in total. The van der Waals surface area contributed by atoms with Crippen molar-refractivity contribution in [1.29, 1.82) is 0 Å². The van der Waals surface area contributed by atoms with Crippen molar-refractivity contribution in [3.8, 4) is 0 Å². The molecule has 0 aromatic carbocycles. The fourth-order valence-corrected chi connectivity index (χ4v) is 1.27. The van der Waals surface area contributed by atoms with Crippen LogP contribution in [0.25, 0.3) is 0 Å². The standard InChI is InChI=1S/C11H18O3/c1-9(2)8-13-11(12)14-10-6-4-3-5-7-10/h4,6,9-10H,3,5,7-8H2,1-2H3. The molecule has 0 spiro atoms. The van der Waals surface area contributed by atoms with Crippen LogP contribution in [0.1, 0.15) is 33.1 Å². The summed E-state index contributed by atoms with van der Waals surface area (Å²) in [6.07, 6.45) is 6.43. The lowest BCUT2D eigenvalue weighted by Gasteiger charge is -2.17. The van der Waals surface area contributed by atoms with Gasteiger partial charge in [0.15, 0.2) is 0 Å². The Morgan fingerprint density at radius 1 is 1.57 bits per heavy atom. The van der Waals surface area contributed by atoms with Crippen LogP contribution in [0, 0.1) is 5.92 Å². The van der Waals surface area contributed by atoms with Gasteiger partial charge in [0.2, 0.25) is 0 Å². The normalized spacial score (nSPS) is 20.9. The minimum Gasteiger partial charge on any atom is -0.434 e. The van der Waals surface area contributed by atoms with Crippen LogP contribution in [-0.4, -0.2) is 18.9 Å². The molecular weight excluding hydrogens is 180 g/mol. The Balaban J connectivity index is 2.19. The monoisotopic (exact) mass is 198 g/mol. The summed E-state index contributed by atoms with van der Waals surface area (Å²) in [5.41, 5.74) is 0. The molecule has 1 aliphatic carbocycles. The minimum absolute atomic E-state index is 0.0802. The zero-order chi connectivity index (χ0) is 10.4. The van der Waals surface area contributed by atoms with Crippen LogP contribution >= 0.6 is 0 Å². The molecule has 1 unspecified atom stereocenters. The van der Waals surface area contributed by atoms with Gasteiger partial charge >= 0.3 is 6.16 Å². The van der Waals surface area contributed by atoms with Gasteiger partial charge in [-0.3, -0.25) is 0 Å². The second-order valence-corrected chi connectivity index (χ2v) is 3.97. The minimum atomic E-state index is -0.546. The first-order chi connectivity index (χ1) is 6.68. The first-order valence-electron chi connectivity index (χ1n) is 5.18. The second kappa shape index (κ2) is 5.68. The molecule has 0 aliphatic heterocycles. The number of carbonyl (C=O) groups is 1. The van der Waals surface area contributed by atoms with Crippen molar-refractivity contribution >= 4 is 6.16 Å². The Hall–Kier alpha value is -0.990. The maximum atomic E-state index is 11.1. The van der Waals surface area contributed by atoms with Gasteiger partial charge < -0.3 is 9.47 Å². The third kappa shape index (κ3) is 4.30. The predicted molar refractivity (Wildman–Crippen MR) is 54.1 cm³/mol. The highest BCUT2D eigenvalue weighted by Gasteiger charge is 2.14. The number of hydrogen-bond donors (Lipinski definition) is 0. The number of allylic oxidation sites excluding steroid dienone is 1. The van der Waals surface area contributed by atoms with E-state index in [2.05, 4.69) is 0 Å². The summed E-state index contributed by atoms with van der Waals surface area (Å²) in [4.78, 5) is 11.1. The third-order valence-corrected chi connectivity index (χ3v) is 1.99. The van der Waals surface area contributed by atoms with Gasteiger partial charge in [-0.2, -0.15) is 0 Å². The van der Waals surface area contributed by atoms with Gasteiger partial charge in [-0.1, -0.05) is 19.9 Å². The molecule has 0 amide bonds. The van der Waals surface area contributed by atoms with E-state index < -0.39 is 6.16 Å². The van der Waals surface area contributed by atoms with Gasteiger partial charge in [0, 0.05) is 0 Å². The molecule has 1 rings (SSSR count). The molecule has 0 bridgehead atoms. The van der Waals surface area contributed by atoms with Crippen molar-refractivity contribution in [2.45, 2.75) is 39.2 Å². The zero-order valence-electron chi connectivity index (χ0n) is 8.86. The van der Waals surface area contributed by atoms with Crippen LogP contribution in [0.5, 0.6) is 0 Å². The van der Waals surface area contributed by atoms with Crippen LogP contribution < -0.4 is 0 Å². The summed E-state index contributed by atoms with van der Waals surface area (Å²) >= 11 is 0. The van der Waals surface area contributed by atoms with Gasteiger partial charge in [-0.25, -0.2) is 4.79 Å². The van der Waals surface area contributed by atoms with E-state index in [1.54, 1.807) is 0 Å². The first-order valence-corrected chi connectivity index (χ1v) is 5.18. The molecule has 0 aromatic heterocycles. The summed E-state index contributed by atoms with van der Waals surface area (Å²) in [6, 6.07) is 0. The Morgan fingerprint density at radius 3 is 2.93 bits per heavy atom. The Labute approximate surface area is 85.1 Å². The van der Waals surface area contributed by atoms with E-state index in [4.69, 9.17) is 9.47 Å². The van der Waals surface area contributed by atoms with Gasteiger partial charge in [-0.05, 0) is 31.3 Å². The molecule has 0 aromatic rings. The van der Waals surface area contributed by atoms with E-state index in [0.29, 0.717) is 12.5 Å². The van der Waals surface area contributed by atoms with Crippen molar-refractivity contribution in [3.05, 3.63) is 12.2 Å². The van der Waals surface area contributed by atoms with E-state index in [9.17, 15) is 4.79 Å². The molecule has 0 radical (unpaired) electrons. The number of ether oxygens (including phenoxy) is 2. The Morgan fingerprint density at radius 2 is 2.36 bits per heavy atom. The van der Waals surface area contributed by atoms with Gasteiger partial charge in [0.1, 0.15) is 6.10 Å². The Bertz CT molecular complexity index is 209. The quantitative estimate of drug-likeness (QED) is 0.516. The number of rotatable bonds is 3. The van der Waals surface area contributed by atoms with Crippen molar-refractivity contribution in [1.82, 2.24) is 0 Å². The van der Waals surface area contributed by atoms with Crippen LogP contribution in [0.3, 0.4) is 0 Å². The molecule has 80 valence electrons. The average molecular weight is 198 g/mol. The summed E-state index contributed by atoms with van der Waals surface area (Å²) in [5, 5.41) is 0. The molecule has 1 aliphatic rings. The number of hydrogen-bond acceptors (Lipinski definition) is 3. The SMILES string of the molecule is CC(C)COC(=O)OC1C=CCCC1. The molecular formula is C11H18O3. The van der Waals surface area contributed by atoms with E-state index in [0.717, 1.165) is 19.3 Å². The molecule has 3 heteroatoms. The topological polar surface area (TPSA) is 35.5 Å². The maximum Gasteiger partial charge on any atom is 0.508 e. The summed E-state index contributed by atoms with van der Waals surface area (Å²) in [6.45, 7) is 4.41. The van der Waals surface area contributed by atoms with Crippen molar-refractivity contribution < 1.29 is 14.3 Å².